The molecule has 29 heavy (non-hydrogen) atoms. The number of aryl methyl sites for hydroxylation is 1. The van der Waals surface area contributed by atoms with Gasteiger partial charge in [-0.25, -0.2) is 0 Å². The van der Waals surface area contributed by atoms with E-state index in [0.717, 1.165) is 23.2 Å². The number of amides is 1. The van der Waals surface area contributed by atoms with Crippen LogP contribution in [0.15, 0.2) is 66.7 Å². The number of rotatable bonds is 8. The lowest BCUT2D eigenvalue weighted by Gasteiger charge is -2.14. The van der Waals surface area contributed by atoms with E-state index in [2.05, 4.69) is 12.2 Å². The van der Waals surface area contributed by atoms with Crippen molar-refractivity contribution in [2.45, 2.75) is 20.0 Å². The van der Waals surface area contributed by atoms with Crippen molar-refractivity contribution in [1.82, 2.24) is 0 Å². The summed E-state index contributed by atoms with van der Waals surface area (Å²) in [6, 6.07) is 20.5. The zero-order chi connectivity index (χ0) is 20.6. The quantitative estimate of drug-likeness (QED) is 0.581. The van der Waals surface area contributed by atoms with Crippen LogP contribution in [-0.2, 0) is 13.0 Å². The Morgan fingerprint density at radius 3 is 2.24 bits per heavy atom. The molecule has 1 amide bonds. The molecule has 0 aliphatic heterocycles. The van der Waals surface area contributed by atoms with Crippen LogP contribution in [0.2, 0.25) is 0 Å². The monoisotopic (exact) mass is 391 g/mol. The Balaban J connectivity index is 1.80. The maximum absolute atomic E-state index is 12.8. The second-order valence-electron chi connectivity index (χ2n) is 6.43. The van der Waals surface area contributed by atoms with E-state index in [1.54, 1.807) is 32.4 Å². The Morgan fingerprint density at radius 1 is 0.828 bits per heavy atom. The fraction of sp³-hybridized carbons (Fsp3) is 0.208. The van der Waals surface area contributed by atoms with Gasteiger partial charge in [-0.15, -0.1) is 0 Å². The molecule has 0 bridgehead atoms. The maximum Gasteiger partial charge on any atom is 0.255 e. The summed E-state index contributed by atoms with van der Waals surface area (Å²) in [5.74, 6) is 1.76. The van der Waals surface area contributed by atoms with E-state index in [1.165, 1.54) is 0 Å². The first-order valence-corrected chi connectivity index (χ1v) is 9.48. The molecular formula is C24H25NO4. The van der Waals surface area contributed by atoms with Gasteiger partial charge >= 0.3 is 0 Å². The summed E-state index contributed by atoms with van der Waals surface area (Å²) >= 11 is 0. The molecule has 0 aliphatic carbocycles. The maximum atomic E-state index is 12.8. The minimum Gasteiger partial charge on any atom is -0.496 e. The molecule has 3 aromatic carbocycles. The second kappa shape index (κ2) is 9.64. The van der Waals surface area contributed by atoms with Crippen molar-refractivity contribution in [2.24, 2.45) is 0 Å². The number of carbonyl (C=O) groups excluding carboxylic acids is 1. The van der Waals surface area contributed by atoms with Gasteiger partial charge in [-0.05, 0) is 48.4 Å². The molecule has 0 saturated heterocycles. The van der Waals surface area contributed by atoms with E-state index >= 15 is 0 Å². The molecule has 5 nitrogen and oxygen atoms in total. The largest absolute Gasteiger partial charge is 0.496 e. The number of para-hydroxylation sites is 3. The summed E-state index contributed by atoms with van der Waals surface area (Å²) in [4.78, 5) is 12.8. The van der Waals surface area contributed by atoms with Crippen LogP contribution in [0.5, 0.6) is 17.2 Å². The normalized spacial score (nSPS) is 10.3. The van der Waals surface area contributed by atoms with Crippen molar-refractivity contribution in [3.63, 3.8) is 0 Å². The van der Waals surface area contributed by atoms with Gasteiger partial charge in [-0.3, -0.25) is 4.79 Å². The minimum absolute atomic E-state index is 0.174. The molecule has 0 fully saturated rings. The topological polar surface area (TPSA) is 56.8 Å². The number of hydrogen-bond acceptors (Lipinski definition) is 4. The molecule has 0 atom stereocenters. The Morgan fingerprint density at radius 2 is 1.52 bits per heavy atom. The van der Waals surface area contributed by atoms with Gasteiger partial charge in [-0.2, -0.15) is 0 Å². The SMILES string of the molecule is CCc1ccccc1NC(=O)c1ccc(OC)c(COc2ccccc2OC)c1. The molecule has 3 rings (SSSR count). The van der Waals surface area contributed by atoms with Crippen molar-refractivity contribution in [3.8, 4) is 17.2 Å². The van der Waals surface area contributed by atoms with Crippen molar-refractivity contribution in [1.29, 1.82) is 0 Å². The predicted molar refractivity (Wildman–Crippen MR) is 114 cm³/mol. The number of anilines is 1. The standard InChI is InChI=1S/C24H25NO4/c1-4-17-9-5-6-10-20(17)25-24(26)18-13-14-21(27-2)19(15-18)16-29-23-12-8-7-11-22(23)28-3/h5-15H,4,16H2,1-3H3,(H,25,26). The van der Waals surface area contributed by atoms with Crippen LogP contribution in [-0.4, -0.2) is 20.1 Å². The summed E-state index contributed by atoms with van der Waals surface area (Å²) in [5, 5.41) is 2.99. The van der Waals surface area contributed by atoms with E-state index in [-0.39, 0.29) is 12.5 Å². The first kappa shape index (κ1) is 20.3. The van der Waals surface area contributed by atoms with Crippen molar-refractivity contribution in [3.05, 3.63) is 83.4 Å². The van der Waals surface area contributed by atoms with Gasteiger partial charge < -0.3 is 19.5 Å². The highest BCUT2D eigenvalue weighted by atomic mass is 16.5. The molecule has 0 aromatic heterocycles. The average Bonchev–Trinajstić information content (AvgIpc) is 2.77. The van der Waals surface area contributed by atoms with E-state index < -0.39 is 0 Å². The molecular weight excluding hydrogens is 366 g/mol. The Hall–Kier alpha value is -3.47. The van der Waals surface area contributed by atoms with E-state index in [1.807, 2.05) is 48.5 Å². The smallest absolute Gasteiger partial charge is 0.255 e. The molecule has 0 spiro atoms. The molecule has 5 heteroatoms. The predicted octanol–water partition coefficient (Wildman–Crippen LogP) is 5.10. The summed E-state index contributed by atoms with van der Waals surface area (Å²) < 4.78 is 16.7. The Labute approximate surface area is 171 Å². The van der Waals surface area contributed by atoms with Crippen LogP contribution >= 0.6 is 0 Å². The lowest BCUT2D eigenvalue weighted by molar-refractivity contribution is 0.102. The lowest BCUT2D eigenvalue weighted by Crippen LogP contribution is -2.14. The van der Waals surface area contributed by atoms with E-state index in [0.29, 0.717) is 22.8 Å². The van der Waals surface area contributed by atoms with Crippen LogP contribution in [0, 0.1) is 0 Å². The third kappa shape index (κ3) is 4.88. The molecule has 150 valence electrons. The summed E-state index contributed by atoms with van der Waals surface area (Å²) in [6.07, 6.45) is 0.844. The number of carbonyl (C=O) groups is 1. The summed E-state index contributed by atoms with van der Waals surface area (Å²) in [5.41, 5.74) is 3.22. The second-order valence-corrected chi connectivity index (χ2v) is 6.43. The highest BCUT2D eigenvalue weighted by molar-refractivity contribution is 6.04. The highest BCUT2D eigenvalue weighted by Crippen LogP contribution is 2.29. The van der Waals surface area contributed by atoms with Crippen LogP contribution in [0.3, 0.4) is 0 Å². The van der Waals surface area contributed by atoms with Gasteiger partial charge in [0, 0.05) is 16.8 Å². The van der Waals surface area contributed by atoms with E-state index in [9.17, 15) is 4.79 Å². The molecule has 0 radical (unpaired) electrons. The third-order valence-corrected chi connectivity index (χ3v) is 4.64. The van der Waals surface area contributed by atoms with Gasteiger partial charge in [0.05, 0.1) is 14.2 Å². The van der Waals surface area contributed by atoms with E-state index in [4.69, 9.17) is 14.2 Å². The van der Waals surface area contributed by atoms with Crippen molar-refractivity contribution < 1.29 is 19.0 Å². The average molecular weight is 391 g/mol. The first-order valence-electron chi connectivity index (χ1n) is 9.48. The van der Waals surface area contributed by atoms with Crippen LogP contribution in [0.1, 0.15) is 28.4 Å². The third-order valence-electron chi connectivity index (χ3n) is 4.64. The zero-order valence-corrected chi connectivity index (χ0v) is 16.9. The number of nitrogens with one attached hydrogen (secondary N) is 1. The Bertz CT molecular complexity index is 984. The van der Waals surface area contributed by atoms with Gasteiger partial charge in [0.25, 0.3) is 5.91 Å². The van der Waals surface area contributed by atoms with Crippen LogP contribution in [0.4, 0.5) is 5.69 Å². The molecule has 0 saturated carbocycles. The fourth-order valence-electron chi connectivity index (χ4n) is 3.07. The number of methoxy groups -OCH3 is 2. The first-order chi connectivity index (χ1) is 14.2. The minimum atomic E-state index is -0.174. The van der Waals surface area contributed by atoms with Crippen molar-refractivity contribution >= 4 is 11.6 Å². The fourth-order valence-corrected chi connectivity index (χ4v) is 3.07. The highest BCUT2D eigenvalue weighted by Gasteiger charge is 2.13. The molecule has 3 aromatic rings. The van der Waals surface area contributed by atoms with Gasteiger partial charge in [0.2, 0.25) is 0 Å². The Kier molecular flexibility index (Phi) is 6.74. The number of hydrogen-bond donors (Lipinski definition) is 1. The van der Waals surface area contributed by atoms with Gasteiger partial charge in [0.15, 0.2) is 11.5 Å². The zero-order valence-electron chi connectivity index (χ0n) is 16.9. The molecule has 1 N–H and O–H groups in total. The summed E-state index contributed by atoms with van der Waals surface area (Å²) in [6.45, 7) is 2.31. The number of benzene rings is 3. The van der Waals surface area contributed by atoms with Crippen LogP contribution < -0.4 is 19.5 Å². The van der Waals surface area contributed by atoms with Gasteiger partial charge in [0.1, 0.15) is 12.4 Å². The molecule has 0 aliphatic rings. The lowest BCUT2D eigenvalue weighted by atomic mass is 10.1. The summed E-state index contributed by atoms with van der Waals surface area (Å²) in [7, 11) is 3.20. The molecule has 0 heterocycles. The van der Waals surface area contributed by atoms with Crippen molar-refractivity contribution in [2.75, 3.05) is 19.5 Å². The number of ether oxygens (including phenoxy) is 3. The van der Waals surface area contributed by atoms with Gasteiger partial charge in [-0.1, -0.05) is 37.3 Å². The molecule has 0 unspecified atom stereocenters. The van der Waals surface area contributed by atoms with Crippen LogP contribution in [0.25, 0.3) is 0 Å².